The van der Waals surface area contributed by atoms with Crippen LogP contribution in [0.1, 0.15) is 0 Å². The number of nitrogens with two attached hydrogens (primary N) is 3. The third-order valence-electron chi connectivity index (χ3n) is 0. The van der Waals surface area contributed by atoms with Gasteiger partial charge in [-0.1, -0.05) is 0 Å². The van der Waals surface area contributed by atoms with Crippen molar-refractivity contribution in [2.24, 2.45) is 0 Å². The van der Waals surface area contributed by atoms with Gasteiger partial charge in [0.1, 0.15) is 0 Å². The second-order valence-electron chi connectivity index (χ2n) is 0. The standard InChI is InChI=1S/ClH.3H2N.Ti/h1H;3*1H2;/q;3*-1;+4/p-1. The Labute approximate surface area is 47.5 Å². The zero-order valence-electron chi connectivity index (χ0n) is 2.61. The Hall–Kier alpha value is 0.884. The maximum atomic E-state index is 4.64. The number of hydrogen-bond acceptors (Lipinski definition) is 0. The molecule has 0 aromatic heterocycles. The summed E-state index contributed by atoms with van der Waals surface area (Å²) in [5.74, 6) is 0. The third-order valence-corrected chi connectivity index (χ3v) is 0. The first-order chi connectivity index (χ1) is 1.00. The molecule has 0 atom stereocenters. The molecular weight excluding hydrogens is 125 g/mol. The summed E-state index contributed by atoms with van der Waals surface area (Å²) < 4.78 is 0. The molecule has 3 nitrogen and oxygen atoms in total. The van der Waals surface area contributed by atoms with E-state index in [1.165, 1.54) is 19.4 Å². The number of hydrogen-bond donors (Lipinski definition) is 0. The van der Waals surface area contributed by atoms with Crippen molar-refractivity contribution in [1.29, 1.82) is 0 Å². The van der Waals surface area contributed by atoms with Crippen LogP contribution in [0.5, 0.6) is 0 Å². The van der Waals surface area contributed by atoms with Crippen LogP contribution in [0, 0.1) is 0 Å². The fourth-order valence-electron chi connectivity index (χ4n) is 0. The summed E-state index contributed by atoms with van der Waals surface area (Å²) in [5.41, 5.74) is 0. The van der Waals surface area contributed by atoms with Crippen LogP contribution in [0.4, 0.5) is 0 Å². The Kier molecular flexibility index (Phi) is 745. The molecule has 0 aliphatic heterocycles. The molecule has 0 fully saturated rings. The Bertz CT molecular complexity index is 6.85. The Balaban J connectivity index is -0.00000000167. The molecule has 5 heteroatoms. The molecule has 0 saturated heterocycles. The first-order valence-corrected chi connectivity index (χ1v) is 2.34. The SMILES string of the molecule is [Cl][Ti+3].[NH2-].[NH2-].[NH2-]. The molecule has 0 amide bonds. The molecule has 0 aliphatic rings. The molecular formula is H6ClN3Ti. The van der Waals surface area contributed by atoms with Gasteiger partial charge in [0.15, 0.2) is 0 Å². The normalized spacial score (nSPS) is 1.40. The van der Waals surface area contributed by atoms with Crippen molar-refractivity contribution in [3.05, 3.63) is 18.5 Å². The molecule has 0 radical (unpaired) electrons. The van der Waals surface area contributed by atoms with Crippen LogP contribution in [0.15, 0.2) is 0 Å². The van der Waals surface area contributed by atoms with Crippen LogP contribution in [-0.4, -0.2) is 0 Å². The van der Waals surface area contributed by atoms with Crippen LogP contribution in [0.3, 0.4) is 0 Å². The van der Waals surface area contributed by atoms with Gasteiger partial charge in [-0.15, -0.1) is 0 Å². The summed E-state index contributed by atoms with van der Waals surface area (Å²) in [5, 5.41) is 0. The van der Waals surface area contributed by atoms with Crippen molar-refractivity contribution >= 4 is 9.30 Å². The van der Waals surface area contributed by atoms with E-state index in [-0.39, 0.29) is 18.5 Å². The van der Waals surface area contributed by atoms with Crippen LogP contribution in [0.2, 0.25) is 0 Å². The fraction of sp³-hybridized carbons (Fsp3) is 0. The minimum atomic E-state index is 0. The number of halogens is 1. The number of rotatable bonds is 0. The molecule has 0 bridgehead atoms. The smallest absolute Gasteiger partial charge is 0.693 e. The second kappa shape index (κ2) is 94.2. The summed E-state index contributed by atoms with van der Waals surface area (Å²) in [6, 6.07) is 0. The van der Waals surface area contributed by atoms with Gasteiger partial charge < -0.3 is 18.5 Å². The average molecular weight is 131 g/mol. The van der Waals surface area contributed by atoms with Crippen LogP contribution in [0.25, 0.3) is 18.5 Å². The van der Waals surface area contributed by atoms with Gasteiger partial charge in [0.2, 0.25) is 0 Å². The van der Waals surface area contributed by atoms with Crippen molar-refractivity contribution in [3.63, 3.8) is 0 Å². The van der Waals surface area contributed by atoms with Crippen LogP contribution >= 0.6 is 9.30 Å². The van der Waals surface area contributed by atoms with Gasteiger partial charge in [0.05, 0.1) is 0 Å². The predicted molar refractivity (Wildman–Crippen MR) is 21.7 cm³/mol. The molecule has 5 heavy (non-hydrogen) atoms. The largest absolute Gasteiger partial charge is 0.693 e. The van der Waals surface area contributed by atoms with E-state index in [0.29, 0.717) is 0 Å². The molecule has 0 aliphatic carbocycles. The quantitative estimate of drug-likeness (QED) is 0.451. The molecule has 32 valence electrons. The summed E-state index contributed by atoms with van der Waals surface area (Å²) in [7, 11) is 4.64. The molecule has 0 saturated carbocycles. The minimum Gasteiger partial charge on any atom is -0.693 e. The fourth-order valence-corrected chi connectivity index (χ4v) is 0. The van der Waals surface area contributed by atoms with Gasteiger partial charge in [0, 0.05) is 0 Å². The van der Waals surface area contributed by atoms with E-state index in [0.717, 1.165) is 0 Å². The van der Waals surface area contributed by atoms with Crippen molar-refractivity contribution < 1.29 is 19.4 Å². The monoisotopic (exact) mass is 131 g/mol. The molecule has 0 aromatic rings. The van der Waals surface area contributed by atoms with Gasteiger partial charge in [-0.2, -0.15) is 0 Å². The van der Waals surface area contributed by atoms with Crippen molar-refractivity contribution in [2.75, 3.05) is 0 Å². The van der Waals surface area contributed by atoms with Gasteiger partial charge in [-0.3, -0.25) is 0 Å². The van der Waals surface area contributed by atoms with E-state index in [1.54, 1.807) is 0 Å². The Morgan fingerprint density at radius 2 is 0.800 bits per heavy atom. The maximum absolute atomic E-state index is 4.64. The van der Waals surface area contributed by atoms with E-state index in [1.807, 2.05) is 0 Å². The molecule has 0 unspecified atom stereocenters. The molecule has 0 heterocycles. The first-order valence-electron chi connectivity index (χ1n) is 0.189. The molecule has 0 aromatic carbocycles. The minimum absolute atomic E-state index is 0. The summed E-state index contributed by atoms with van der Waals surface area (Å²) in [6.07, 6.45) is 0. The predicted octanol–water partition coefficient (Wildman–Crippen LogP) is 2.84. The van der Waals surface area contributed by atoms with Crippen LogP contribution < -0.4 is 0 Å². The molecule has 0 rings (SSSR count). The summed E-state index contributed by atoms with van der Waals surface area (Å²) in [4.78, 5) is 0. The van der Waals surface area contributed by atoms with Crippen LogP contribution in [-0.2, 0) is 19.4 Å². The van der Waals surface area contributed by atoms with E-state index >= 15 is 0 Å². The Morgan fingerprint density at radius 3 is 0.800 bits per heavy atom. The maximum Gasteiger partial charge on any atom is -0.693 e. The molecule has 0 spiro atoms. The van der Waals surface area contributed by atoms with E-state index in [9.17, 15) is 0 Å². The zero-order valence-corrected chi connectivity index (χ0v) is 4.93. The Morgan fingerprint density at radius 1 is 0.800 bits per heavy atom. The summed E-state index contributed by atoms with van der Waals surface area (Å²) in [6.45, 7) is 0. The summed E-state index contributed by atoms with van der Waals surface area (Å²) >= 11 is 1.47. The topological polar surface area (TPSA) is 100 Å². The van der Waals surface area contributed by atoms with Gasteiger partial charge in [0.25, 0.3) is 0 Å². The van der Waals surface area contributed by atoms with E-state index < -0.39 is 0 Å². The van der Waals surface area contributed by atoms with E-state index in [2.05, 4.69) is 9.30 Å². The average Bonchev–Trinajstić information content (AvgIpc) is 1.00. The zero-order chi connectivity index (χ0) is 2.00. The van der Waals surface area contributed by atoms with E-state index in [4.69, 9.17) is 0 Å². The van der Waals surface area contributed by atoms with Crippen molar-refractivity contribution in [2.45, 2.75) is 0 Å². The first kappa shape index (κ1) is 39.5. The van der Waals surface area contributed by atoms with Gasteiger partial charge >= 0.3 is 28.7 Å². The van der Waals surface area contributed by atoms with Crippen molar-refractivity contribution in [1.82, 2.24) is 0 Å². The second-order valence-corrected chi connectivity index (χ2v) is 0. The third kappa shape index (κ3) is 52.0. The molecule has 6 N–H and O–H groups in total. The van der Waals surface area contributed by atoms with Crippen molar-refractivity contribution in [3.8, 4) is 0 Å². The van der Waals surface area contributed by atoms with Gasteiger partial charge in [-0.05, 0) is 0 Å². The van der Waals surface area contributed by atoms with Gasteiger partial charge in [-0.25, -0.2) is 0 Å².